The van der Waals surface area contributed by atoms with Crippen molar-refractivity contribution in [2.75, 3.05) is 19.7 Å². The van der Waals surface area contributed by atoms with Crippen LogP contribution in [0.25, 0.3) is 0 Å². The van der Waals surface area contributed by atoms with Crippen molar-refractivity contribution in [1.82, 2.24) is 4.90 Å². The quantitative estimate of drug-likeness (QED) is 0.577. The molecule has 1 aliphatic heterocycles. The standard InChI is InChI=1S/C15H19NO3/c17-12-19-9-7-14-6-8-16(11-15(14)18)10-13-4-2-1-3-5-13/h1-5,12,14H,6-11H2. The normalized spacial score (nSPS) is 20.2. The van der Waals surface area contributed by atoms with Crippen LogP contribution in [0.15, 0.2) is 30.3 Å². The summed E-state index contributed by atoms with van der Waals surface area (Å²) < 4.78 is 4.66. The van der Waals surface area contributed by atoms with E-state index < -0.39 is 0 Å². The van der Waals surface area contributed by atoms with E-state index in [0.29, 0.717) is 26.0 Å². The summed E-state index contributed by atoms with van der Waals surface area (Å²) in [6, 6.07) is 10.2. The Balaban J connectivity index is 1.79. The molecule has 2 rings (SSSR count). The van der Waals surface area contributed by atoms with Gasteiger partial charge in [0.05, 0.1) is 13.2 Å². The van der Waals surface area contributed by atoms with Gasteiger partial charge in [-0.15, -0.1) is 0 Å². The molecule has 1 fully saturated rings. The van der Waals surface area contributed by atoms with Crippen LogP contribution in [0.3, 0.4) is 0 Å². The van der Waals surface area contributed by atoms with Crippen molar-refractivity contribution in [3.63, 3.8) is 0 Å². The Hall–Kier alpha value is -1.68. The Morgan fingerprint density at radius 1 is 1.32 bits per heavy atom. The molecule has 1 aromatic carbocycles. The van der Waals surface area contributed by atoms with Crippen LogP contribution in [0.2, 0.25) is 0 Å². The first-order chi connectivity index (χ1) is 9.29. The van der Waals surface area contributed by atoms with Crippen molar-refractivity contribution in [1.29, 1.82) is 0 Å². The number of rotatable bonds is 6. The van der Waals surface area contributed by atoms with Crippen LogP contribution < -0.4 is 0 Å². The van der Waals surface area contributed by atoms with Gasteiger partial charge in [0, 0.05) is 12.5 Å². The number of carbonyl (C=O) groups excluding carboxylic acids is 2. The molecule has 0 amide bonds. The number of ether oxygens (including phenoxy) is 1. The Morgan fingerprint density at radius 2 is 2.11 bits per heavy atom. The van der Waals surface area contributed by atoms with Crippen molar-refractivity contribution in [2.45, 2.75) is 19.4 Å². The van der Waals surface area contributed by atoms with E-state index in [2.05, 4.69) is 21.8 Å². The molecule has 1 saturated heterocycles. The zero-order chi connectivity index (χ0) is 13.5. The fourth-order valence-electron chi connectivity index (χ4n) is 2.47. The smallest absolute Gasteiger partial charge is 0.293 e. The number of nitrogens with zero attached hydrogens (tertiary/aromatic N) is 1. The summed E-state index contributed by atoms with van der Waals surface area (Å²) in [5.41, 5.74) is 1.23. The minimum absolute atomic E-state index is 0.0481. The fourth-order valence-corrected chi connectivity index (χ4v) is 2.47. The first kappa shape index (κ1) is 13.7. The van der Waals surface area contributed by atoms with Crippen molar-refractivity contribution in [2.24, 2.45) is 5.92 Å². The molecule has 4 heteroatoms. The molecule has 0 saturated carbocycles. The number of carbonyl (C=O) groups is 2. The van der Waals surface area contributed by atoms with E-state index in [1.807, 2.05) is 18.2 Å². The van der Waals surface area contributed by atoms with Gasteiger partial charge in [-0.3, -0.25) is 14.5 Å². The Morgan fingerprint density at radius 3 is 2.79 bits per heavy atom. The maximum Gasteiger partial charge on any atom is 0.293 e. The highest BCUT2D eigenvalue weighted by molar-refractivity contribution is 5.83. The Bertz CT molecular complexity index is 419. The lowest BCUT2D eigenvalue weighted by Gasteiger charge is -2.30. The minimum atomic E-state index is 0.0481. The number of likely N-dealkylation sites (tertiary alicyclic amines) is 1. The van der Waals surface area contributed by atoms with Gasteiger partial charge in [0.25, 0.3) is 6.47 Å². The molecule has 1 aliphatic rings. The summed E-state index contributed by atoms with van der Waals surface area (Å²) >= 11 is 0. The van der Waals surface area contributed by atoms with E-state index in [1.54, 1.807) is 0 Å². The Kier molecular flexibility index (Phi) is 5.10. The molecule has 102 valence electrons. The van der Waals surface area contributed by atoms with Crippen molar-refractivity contribution < 1.29 is 14.3 Å². The molecule has 19 heavy (non-hydrogen) atoms. The third kappa shape index (κ3) is 4.17. The van der Waals surface area contributed by atoms with Crippen LogP contribution >= 0.6 is 0 Å². The van der Waals surface area contributed by atoms with Crippen molar-refractivity contribution in [3.8, 4) is 0 Å². The average Bonchev–Trinajstić information content (AvgIpc) is 2.43. The summed E-state index contributed by atoms with van der Waals surface area (Å²) in [5.74, 6) is 0.309. The Labute approximate surface area is 113 Å². The lowest BCUT2D eigenvalue weighted by Crippen LogP contribution is -2.40. The van der Waals surface area contributed by atoms with Gasteiger partial charge in [0.1, 0.15) is 5.78 Å². The number of hydrogen-bond acceptors (Lipinski definition) is 4. The minimum Gasteiger partial charge on any atom is -0.468 e. The van der Waals surface area contributed by atoms with Gasteiger partial charge in [-0.05, 0) is 24.9 Å². The average molecular weight is 261 g/mol. The largest absolute Gasteiger partial charge is 0.468 e. The van der Waals surface area contributed by atoms with Gasteiger partial charge in [0.2, 0.25) is 0 Å². The zero-order valence-corrected chi connectivity index (χ0v) is 11.0. The van der Waals surface area contributed by atoms with E-state index in [4.69, 9.17) is 0 Å². The SMILES string of the molecule is O=COCCC1CCN(Cc2ccccc2)CC1=O. The van der Waals surface area contributed by atoms with Crippen LogP contribution in [0, 0.1) is 5.92 Å². The topological polar surface area (TPSA) is 46.6 Å². The molecule has 0 N–H and O–H groups in total. The molecule has 0 aromatic heterocycles. The van der Waals surface area contributed by atoms with E-state index in [-0.39, 0.29) is 11.7 Å². The van der Waals surface area contributed by atoms with Gasteiger partial charge in [0.15, 0.2) is 0 Å². The third-order valence-corrected chi connectivity index (χ3v) is 3.53. The molecule has 0 radical (unpaired) electrons. The van der Waals surface area contributed by atoms with Crippen LogP contribution in [0.5, 0.6) is 0 Å². The molecule has 1 unspecified atom stereocenters. The number of hydrogen-bond donors (Lipinski definition) is 0. The lowest BCUT2D eigenvalue weighted by molar-refractivity contribution is -0.132. The second-order valence-electron chi connectivity index (χ2n) is 4.90. The number of ketones is 1. The van der Waals surface area contributed by atoms with Crippen molar-refractivity contribution in [3.05, 3.63) is 35.9 Å². The maximum atomic E-state index is 12.0. The third-order valence-electron chi connectivity index (χ3n) is 3.53. The van der Waals surface area contributed by atoms with Gasteiger partial charge in [-0.2, -0.15) is 0 Å². The highest BCUT2D eigenvalue weighted by atomic mass is 16.5. The highest BCUT2D eigenvalue weighted by Gasteiger charge is 2.26. The predicted molar refractivity (Wildman–Crippen MR) is 71.5 cm³/mol. The lowest BCUT2D eigenvalue weighted by atomic mass is 9.92. The molecule has 0 spiro atoms. The first-order valence-corrected chi connectivity index (χ1v) is 6.64. The zero-order valence-electron chi connectivity index (χ0n) is 11.0. The van der Waals surface area contributed by atoms with Gasteiger partial charge < -0.3 is 4.74 Å². The monoisotopic (exact) mass is 261 g/mol. The number of benzene rings is 1. The second-order valence-corrected chi connectivity index (χ2v) is 4.90. The number of piperidine rings is 1. The van der Waals surface area contributed by atoms with Gasteiger partial charge in [-0.25, -0.2) is 0 Å². The summed E-state index contributed by atoms with van der Waals surface area (Å²) in [4.78, 5) is 24.2. The van der Waals surface area contributed by atoms with Crippen LogP contribution in [-0.4, -0.2) is 36.9 Å². The summed E-state index contributed by atoms with van der Waals surface area (Å²) in [6.07, 6.45) is 1.50. The van der Waals surface area contributed by atoms with E-state index in [1.165, 1.54) is 5.56 Å². The molecule has 1 aromatic rings. The molecule has 0 aliphatic carbocycles. The fraction of sp³-hybridized carbons (Fsp3) is 0.467. The van der Waals surface area contributed by atoms with Gasteiger partial charge >= 0.3 is 0 Å². The van der Waals surface area contributed by atoms with Crippen LogP contribution in [-0.2, 0) is 20.9 Å². The van der Waals surface area contributed by atoms with E-state index >= 15 is 0 Å². The summed E-state index contributed by atoms with van der Waals surface area (Å²) in [5, 5.41) is 0. The highest BCUT2D eigenvalue weighted by Crippen LogP contribution is 2.19. The van der Waals surface area contributed by atoms with E-state index in [9.17, 15) is 9.59 Å². The van der Waals surface area contributed by atoms with E-state index in [0.717, 1.165) is 19.5 Å². The molecule has 4 nitrogen and oxygen atoms in total. The molecule has 1 atom stereocenters. The molecular weight excluding hydrogens is 242 g/mol. The maximum absolute atomic E-state index is 12.0. The van der Waals surface area contributed by atoms with Crippen LogP contribution in [0.1, 0.15) is 18.4 Å². The molecular formula is C15H19NO3. The van der Waals surface area contributed by atoms with Gasteiger partial charge in [-0.1, -0.05) is 30.3 Å². The second kappa shape index (κ2) is 7.04. The summed E-state index contributed by atoms with van der Waals surface area (Å²) in [7, 11) is 0. The first-order valence-electron chi connectivity index (χ1n) is 6.64. The van der Waals surface area contributed by atoms with Crippen LogP contribution in [0.4, 0.5) is 0 Å². The molecule has 0 bridgehead atoms. The summed E-state index contributed by atoms with van der Waals surface area (Å²) in [6.45, 7) is 3.03. The number of Topliss-reactive ketones (excluding diaryl/α,β-unsaturated/α-hetero) is 1. The predicted octanol–water partition coefficient (Wildman–Crippen LogP) is 1.64. The molecule has 1 heterocycles. The van der Waals surface area contributed by atoms with Crippen molar-refractivity contribution >= 4 is 12.3 Å².